The third-order valence-electron chi connectivity index (χ3n) is 9.23. The molecule has 0 saturated heterocycles. The van der Waals surface area contributed by atoms with Crippen LogP contribution in [0.1, 0.15) is 78.6 Å². The van der Waals surface area contributed by atoms with Crippen LogP contribution in [0.3, 0.4) is 0 Å². The van der Waals surface area contributed by atoms with Crippen LogP contribution < -0.4 is 0 Å². The number of allylic oxidation sites excluding steroid dienone is 1. The van der Waals surface area contributed by atoms with Crippen LogP contribution >= 0.6 is 0 Å². The average Bonchev–Trinajstić information content (AvgIpc) is 2.85. The maximum absolute atomic E-state index is 10.1. The summed E-state index contributed by atoms with van der Waals surface area (Å²) in [5.41, 5.74) is 2.49. The Kier molecular flexibility index (Phi) is 3.76. The zero-order valence-electron chi connectivity index (χ0n) is 15.5. The fourth-order valence-corrected chi connectivity index (χ4v) is 8.04. The third kappa shape index (κ3) is 2.21. The van der Waals surface area contributed by atoms with Gasteiger partial charge in [0.15, 0.2) is 0 Å². The molecule has 0 amide bonds. The van der Waals surface area contributed by atoms with E-state index in [2.05, 4.69) is 27.4 Å². The molecule has 0 aromatic carbocycles. The molecule has 1 heteroatoms. The predicted octanol–water partition coefficient (Wildman–Crippen LogP) is 5.58. The van der Waals surface area contributed by atoms with Gasteiger partial charge in [-0.1, -0.05) is 26.0 Å². The van der Waals surface area contributed by atoms with Gasteiger partial charge in [-0.15, -0.1) is 0 Å². The van der Waals surface area contributed by atoms with E-state index in [0.29, 0.717) is 10.8 Å². The summed E-state index contributed by atoms with van der Waals surface area (Å²) in [5.74, 6) is 4.38. The van der Waals surface area contributed by atoms with Gasteiger partial charge in [-0.3, -0.25) is 0 Å². The van der Waals surface area contributed by atoms with Crippen LogP contribution in [0, 0.1) is 40.4 Å². The number of aliphatic hydroxyl groups is 1. The van der Waals surface area contributed by atoms with Crippen LogP contribution in [0.25, 0.3) is 0 Å². The number of fused-ring (bicyclic) bond motifs is 5. The van der Waals surface area contributed by atoms with Gasteiger partial charge in [0.25, 0.3) is 0 Å². The molecule has 4 aliphatic carbocycles. The molecule has 1 nitrogen and oxygen atoms in total. The fraction of sp³-hybridized carbons (Fsp3) is 0.909. The quantitative estimate of drug-likeness (QED) is 0.626. The van der Waals surface area contributed by atoms with Crippen molar-refractivity contribution in [3.8, 4) is 0 Å². The zero-order chi connectivity index (χ0) is 16.4. The van der Waals surface area contributed by atoms with Gasteiger partial charge in [-0.2, -0.15) is 0 Å². The van der Waals surface area contributed by atoms with Crippen molar-refractivity contribution < 1.29 is 5.11 Å². The molecule has 0 aromatic rings. The number of rotatable bonds is 1. The first-order valence-corrected chi connectivity index (χ1v) is 10.2. The zero-order valence-corrected chi connectivity index (χ0v) is 15.5. The van der Waals surface area contributed by atoms with Crippen molar-refractivity contribution in [1.82, 2.24) is 0 Å². The minimum Gasteiger partial charge on any atom is -0.393 e. The van der Waals surface area contributed by atoms with Crippen molar-refractivity contribution in [2.75, 3.05) is 0 Å². The molecular formula is C22H36O. The van der Waals surface area contributed by atoms with Crippen LogP contribution in [0.5, 0.6) is 0 Å². The van der Waals surface area contributed by atoms with E-state index in [1.807, 2.05) is 0 Å². The van der Waals surface area contributed by atoms with E-state index in [1.165, 1.54) is 50.5 Å². The lowest BCUT2D eigenvalue weighted by Gasteiger charge is -2.61. The Morgan fingerprint density at radius 2 is 1.61 bits per heavy atom. The lowest BCUT2D eigenvalue weighted by molar-refractivity contribution is -0.124. The SMILES string of the molecule is C=C(C)[C@H]1CC[C@H]2[C@@H]3CC[C@@H]4C[C@H](O)CC[C@]4(C)[C@H]3CC[C@]12C. The Labute approximate surface area is 142 Å². The van der Waals surface area contributed by atoms with Crippen molar-refractivity contribution in [1.29, 1.82) is 0 Å². The van der Waals surface area contributed by atoms with Gasteiger partial charge < -0.3 is 5.11 Å². The maximum Gasteiger partial charge on any atom is 0.0543 e. The van der Waals surface area contributed by atoms with E-state index in [4.69, 9.17) is 0 Å². The molecule has 4 fully saturated rings. The van der Waals surface area contributed by atoms with Crippen molar-refractivity contribution in [3.63, 3.8) is 0 Å². The molecule has 0 unspecified atom stereocenters. The van der Waals surface area contributed by atoms with Gasteiger partial charge in [-0.25, -0.2) is 0 Å². The second kappa shape index (κ2) is 5.35. The summed E-state index contributed by atoms with van der Waals surface area (Å²) in [6.07, 6.45) is 11.9. The average molecular weight is 317 g/mol. The molecule has 0 aliphatic heterocycles. The monoisotopic (exact) mass is 316 g/mol. The highest BCUT2D eigenvalue weighted by Gasteiger charge is 2.60. The van der Waals surface area contributed by atoms with Crippen LogP contribution in [0.15, 0.2) is 12.2 Å². The van der Waals surface area contributed by atoms with Gasteiger partial charge >= 0.3 is 0 Å². The topological polar surface area (TPSA) is 20.2 Å². The second-order valence-electron chi connectivity index (χ2n) is 10.1. The molecular weight excluding hydrogens is 280 g/mol. The van der Waals surface area contributed by atoms with Crippen molar-refractivity contribution in [2.45, 2.75) is 84.7 Å². The minimum absolute atomic E-state index is 0.0160. The van der Waals surface area contributed by atoms with Gasteiger partial charge in [0.05, 0.1) is 6.10 Å². The normalized spacial score (nSPS) is 55.7. The largest absolute Gasteiger partial charge is 0.393 e. The van der Waals surface area contributed by atoms with E-state index in [-0.39, 0.29) is 6.10 Å². The summed E-state index contributed by atoms with van der Waals surface area (Å²) in [7, 11) is 0. The number of hydrogen-bond donors (Lipinski definition) is 1. The van der Waals surface area contributed by atoms with Crippen molar-refractivity contribution in [2.24, 2.45) is 40.4 Å². The molecule has 0 radical (unpaired) electrons. The molecule has 0 aromatic heterocycles. The van der Waals surface area contributed by atoms with E-state index >= 15 is 0 Å². The Morgan fingerprint density at radius 1 is 0.913 bits per heavy atom. The smallest absolute Gasteiger partial charge is 0.0543 e. The number of aliphatic hydroxyl groups excluding tert-OH is 1. The first-order valence-electron chi connectivity index (χ1n) is 10.2. The van der Waals surface area contributed by atoms with E-state index < -0.39 is 0 Å². The highest BCUT2D eigenvalue weighted by molar-refractivity contribution is 5.15. The summed E-state index contributed by atoms with van der Waals surface area (Å²) < 4.78 is 0. The lowest BCUT2D eigenvalue weighted by Crippen LogP contribution is -2.53. The Bertz CT molecular complexity index is 496. The Morgan fingerprint density at radius 3 is 2.35 bits per heavy atom. The Balaban J connectivity index is 1.61. The molecule has 23 heavy (non-hydrogen) atoms. The van der Waals surface area contributed by atoms with Gasteiger partial charge in [-0.05, 0) is 105 Å². The van der Waals surface area contributed by atoms with Crippen LogP contribution in [-0.2, 0) is 0 Å². The highest BCUT2D eigenvalue weighted by Crippen LogP contribution is 2.68. The van der Waals surface area contributed by atoms with Crippen LogP contribution in [-0.4, -0.2) is 11.2 Å². The molecule has 0 spiro atoms. The van der Waals surface area contributed by atoms with Gasteiger partial charge in [0.1, 0.15) is 0 Å². The number of hydrogen-bond acceptors (Lipinski definition) is 1. The Hall–Kier alpha value is -0.300. The fourth-order valence-electron chi connectivity index (χ4n) is 8.04. The summed E-state index contributed by atoms with van der Waals surface area (Å²) >= 11 is 0. The first kappa shape index (κ1) is 16.2. The predicted molar refractivity (Wildman–Crippen MR) is 96.0 cm³/mol. The molecule has 4 aliphatic rings. The lowest BCUT2D eigenvalue weighted by atomic mass is 9.44. The third-order valence-corrected chi connectivity index (χ3v) is 9.23. The standard InChI is InChI=1S/C22H36O/c1-14(2)18-7-8-19-17-6-5-15-13-16(23)9-11-21(15,3)20(17)10-12-22(18,19)4/h15-20,23H,1,5-13H2,2-4H3/t15-,16-,17+,18-,19+,20+,21+,22-/m1/s1. The van der Waals surface area contributed by atoms with E-state index in [0.717, 1.165) is 42.4 Å². The maximum atomic E-state index is 10.1. The molecule has 4 saturated carbocycles. The van der Waals surface area contributed by atoms with E-state index in [1.54, 1.807) is 0 Å². The minimum atomic E-state index is -0.0160. The van der Waals surface area contributed by atoms with Crippen LogP contribution in [0.2, 0.25) is 0 Å². The summed E-state index contributed by atoms with van der Waals surface area (Å²) in [6.45, 7) is 11.8. The summed E-state index contributed by atoms with van der Waals surface area (Å²) in [4.78, 5) is 0. The summed E-state index contributed by atoms with van der Waals surface area (Å²) in [6, 6.07) is 0. The van der Waals surface area contributed by atoms with Gasteiger partial charge in [0, 0.05) is 0 Å². The van der Waals surface area contributed by atoms with Crippen LogP contribution in [0.4, 0.5) is 0 Å². The van der Waals surface area contributed by atoms with Gasteiger partial charge in [0.2, 0.25) is 0 Å². The van der Waals surface area contributed by atoms with E-state index in [9.17, 15) is 5.11 Å². The van der Waals surface area contributed by atoms with Crippen molar-refractivity contribution >= 4 is 0 Å². The molecule has 130 valence electrons. The van der Waals surface area contributed by atoms with Crippen molar-refractivity contribution in [3.05, 3.63) is 12.2 Å². The highest BCUT2D eigenvalue weighted by atomic mass is 16.3. The molecule has 0 bridgehead atoms. The first-order chi connectivity index (χ1) is 10.9. The second-order valence-corrected chi connectivity index (χ2v) is 10.1. The molecule has 8 atom stereocenters. The summed E-state index contributed by atoms with van der Waals surface area (Å²) in [5, 5.41) is 10.1. The molecule has 0 heterocycles. The molecule has 4 rings (SSSR count). The molecule has 1 N–H and O–H groups in total.